The Morgan fingerprint density at radius 3 is 2.44 bits per heavy atom. The van der Waals surface area contributed by atoms with Gasteiger partial charge in [-0.25, -0.2) is 0 Å². The second kappa shape index (κ2) is 7.56. The van der Waals surface area contributed by atoms with Crippen LogP contribution in [-0.4, -0.2) is 48.6 Å². The van der Waals surface area contributed by atoms with Crippen molar-refractivity contribution in [3.8, 4) is 0 Å². The molecule has 6 nitrogen and oxygen atoms in total. The Hall–Kier alpha value is -0.850. The summed E-state index contributed by atoms with van der Waals surface area (Å²) in [4.78, 5) is 0. The normalized spacial score (nSPS) is 16.6. The molecule has 18 heavy (non-hydrogen) atoms. The minimum Gasteiger partial charge on any atom is -0.409 e. The molecule has 6 heteroatoms. The van der Waals surface area contributed by atoms with E-state index in [1.54, 1.807) is 14.0 Å². The maximum atomic E-state index is 10.00. The predicted octanol–water partition coefficient (Wildman–Crippen LogP) is 0.526. The van der Waals surface area contributed by atoms with Crippen LogP contribution in [0.25, 0.3) is 0 Å². The number of nitrogens with two attached hydrogens (primary N) is 1. The summed E-state index contributed by atoms with van der Waals surface area (Å²) in [6.45, 7) is 7.30. The molecular weight excluding hydrogens is 234 g/mol. The van der Waals surface area contributed by atoms with E-state index in [0.717, 1.165) is 6.42 Å². The number of nitrogens with zero attached hydrogens (tertiary/aromatic N) is 1. The zero-order valence-corrected chi connectivity index (χ0v) is 11.9. The molecule has 0 fully saturated rings. The molecule has 0 rings (SSSR count). The van der Waals surface area contributed by atoms with Crippen LogP contribution < -0.4 is 11.1 Å². The van der Waals surface area contributed by atoms with Gasteiger partial charge in [-0.15, -0.1) is 0 Å². The summed E-state index contributed by atoms with van der Waals surface area (Å²) in [7, 11) is 1.61. The average Bonchev–Trinajstić information content (AvgIpc) is 2.31. The van der Waals surface area contributed by atoms with E-state index in [1.807, 2.05) is 13.8 Å². The molecular formula is C12H27N3O3. The first-order valence-electron chi connectivity index (χ1n) is 6.15. The third-order valence-electron chi connectivity index (χ3n) is 3.08. The minimum atomic E-state index is -0.781. The molecule has 0 radical (unpaired) electrons. The van der Waals surface area contributed by atoms with E-state index in [-0.39, 0.29) is 11.3 Å². The molecule has 0 bridgehead atoms. The van der Waals surface area contributed by atoms with Crippen LogP contribution in [0.2, 0.25) is 0 Å². The van der Waals surface area contributed by atoms with Crippen LogP contribution in [0.4, 0.5) is 0 Å². The van der Waals surface area contributed by atoms with Gasteiger partial charge in [-0.1, -0.05) is 19.0 Å². The van der Waals surface area contributed by atoms with Crippen molar-refractivity contribution in [1.82, 2.24) is 5.32 Å². The first-order chi connectivity index (χ1) is 8.25. The average molecular weight is 261 g/mol. The van der Waals surface area contributed by atoms with Gasteiger partial charge in [0.05, 0.1) is 5.60 Å². The minimum absolute atomic E-state index is 0.218. The molecule has 0 spiro atoms. The number of ether oxygens (including phenoxy) is 1. The lowest BCUT2D eigenvalue weighted by molar-refractivity contribution is 0.0248. The molecule has 0 aromatic heterocycles. The van der Waals surface area contributed by atoms with Gasteiger partial charge in [-0.3, -0.25) is 0 Å². The van der Waals surface area contributed by atoms with Crippen LogP contribution in [-0.2, 0) is 4.74 Å². The summed E-state index contributed by atoms with van der Waals surface area (Å²) in [6, 6.07) is 0. The van der Waals surface area contributed by atoms with E-state index in [0.29, 0.717) is 26.1 Å². The van der Waals surface area contributed by atoms with Gasteiger partial charge in [0.15, 0.2) is 0 Å². The van der Waals surface area contributed by atoms with E-state index < -0.39 is 5.60 Å². The van der Waals surface area contributed by atoms with Crippen LogP contribution in [0, 0.1) is 5.41 Å². The summed E-state index contributed by atoms with van der Waals surface area (Å²) in [5.74, 6) is 0.218. The van der Waals surface area contributed by atoms with Crippen molar-refractivity contribution in [3.05, 3.63) is 0 Å². The van der Waals surface area contributed by atoms with Crippen molar-refractivity contribution in [2.75, 3.05) is 26.8 Å². The number of methoxy groups -OCH3 is 1. The lowest BCUT2D eigenvalue weighted by atomic mass is 9.88. The molecule has 0 aromatic rings. The Morgan fingerprint density at radius 2 is 1.94 bits per heavy atom. The van der Waals surface area contributed by atoms with E-state index in [9.17, 15) is 5.11 Å². The summed E-state index contributed by atoms with van der Waals surface area (Å²) < 4.78 is 4.94. The second-order valence-electron chi connectivity index (χ2n) is 5.54. The van der Waals surface area contributed by atoms with E-state index in [2.05, 4.69) is 10.5 Å². The molecule has 1 unspecified atom stereocenters. The maximum Gasteiger partial charge on any atom is 0.144 e. The Bertz CT molecular complexity index is 265. The topological polar surface area (TPSA) is 100 Å². The van der Waals surface area contributed by atoms with E-state index in [4.69, 9.17) is 15.7 Å². The molecule has 5 N–H and O–H groups in total. The second-order valence-corrected chi connectivity index (χ2v) is 5.54. The fraction of sp³-hybridized carbons (Fsp3) is 0.917. The Morgan fingerprint density at radius 1 is 1.33 bits per heavy atom. The fourth-order valence-corrected chi connectivity index (χ4v) is 1.43. The van der Waals surface area contributed by atoms with Gasteiger partial charge < -0.3 is 26.1 Å². The molecule has 0 heterocycles. The Kier molecular flexibility index (Phi) is 7.20. The largest absolute Gasteiger partial charge is 0.409 e. The number of hydrogen-bond donors (Lipinski definition) is 4. The van der Waals surface area contributed by atoms with Crippen LogP contribution in [0.3, 0.4) is 0 Å². The van der Waals surface area contributed by atoms with E-state index in [1.165, 1.54) is 0 Å². The highest BCUT2D eigenvalue weighted by atomic mass is 16.5. The van der Waals surface area contributed by atoms with Gasteiger partial charge >= 0.3 is 0 Å². The van der Waals surface area contributed by atoms with Gasteiger partial charge in [-0.05, 0) is 19.9 Å². The molecule has 0 aliphatic rings. The quantitative estimate of drug-likeness (QED) is 0.159. The lowest BCUT2D eigenvalue weighted by Gasteiger charge is -2.26. The molecule has 0 saturated heterocycles. The van der Waals surface area contributed by atoms with Gasteiger partial charge in [0.1, 0.15) is 5.84 Å². The van der Waals surface area contributed by atoms with Gasteiger partial charge in [0.2, 0.25) is 0 Å². The highest BCUT2D eigenvalue weighted by Crippen LogP contribution is 2.19. The zero-order chi connectivity index (χ0) is 14.2. The predicted molar refractivity (Wildman–Crippen MR) is 71.8 cm³/mol. The van der Waals surface area contributed by atoms with Crippen molar-refractivity contribution in [3.63, 3.8) is 0 Å². The highest BCUT2D eigenvalue weighted by molar-refractivity contribution is 5.85. The number of hydrogen-bond acceptors (Lipinski definition) is 5. The van der Waals surface area contributed by atoms with Gasteiger partial charge in [0.25, 0.3) is 0 Å². The zero-order valence-electron chi connectivity index (χ0n) is 11.9. The van der Waals surface area contributed by atoms with Gasteiger partial charge in [0, 0.05) is 32.1 Å². The number of aliphatic hydroxyl groups is 1. The van der Waals surface area contributed by atoms with Crippen molar-refractivity contribution in [2.24, 2.45) is 16.3 Å². The maximum absolute atomic E-state index is 10.00. The first kappa shape index (κ1) is 17.2. The van der Waals surface area contributed by atoms with Crippen LogP contribution in [0.1, 0.15) is 33.6 Å². The number of rotatable bonds is 9. The van der Waals surface area contributed by atoms with Gasteiger partial charge in [-0.2, -0.15) is 0 Å². The summed E-state index contributed by atoms with van der Waals surface area (Å²) in [5.41, 5.74) is 4.45. The fourth-order valence-electron chi connectivity index (χ4n) is 1.43. The third-order valence-corrected chi connectivity index (χ3v) is 3.08. The molecule has 0 aromatic carbocycles. The SMILES string of the molecule is COCCC(C)(O)CNCCC(C)(C)C(N)=NO. The van der Waals surface area contributed by atoms with E-state index >= 15 is 0 Å². The molecule has 0 amide bonds. The van der Waals surface area contributed by atoms with Crippen molar-refractivity contribution >= 4 is 5.84 Å². The summed E-state index contributed by atoms with van der Waals surface area (Å²) in [6.07, 6.45) is 1.31. The Labute approximate surface area is 109 Å². The smallest absolute Gasteiger partial charge is 0.144 e. The van der Waals surface area contributed by atoms with Crippen LogP contribution in [0.15, 0.2) is 5.16 Å². The number of oxime groups is 1. The number of nitrogens with one attached hydrogen (secondary N) is 1. The standard InChI is InChI=1S/C12H27N3O3/c1-11(2,10(13)15-17)5-7-14-9-12(3,16)6-8-18-4/h14,16-17H,5-9H2,1-4H3,(H2,13,15). The van der Waals surface area contributed by atoms with Crippen LogP contribution in [0.5, 0.6) is 0 Å². The lowest BCUT2D eigenvalue weighted by Crippen LogP contribution is -2.41. The highest BCUT2D eigenvalue weighted by Gasteiger charge is 2.24. The molecule has 108 valence electrons. The molecule has 0 saturated carbocycles. The van der Waals surface area contributed by atoms with Crippen LogP contribution >= 0.6 is 0 Å². The monoisotopic (exact) mass is 261 g/mol. The third kappa shape index (κ3) is 6.78. The first-order valence-corrected chi connectivity index (χ1v) is 6.15. The molecule has 0 aliphatic carbocycles. The van der Waals surface area contributed by atoms with Crippen molar-refractivity contribution < 1.29 is 15.1 Å². The molecule has 1 atom stereocenters. The summed E-state index contributed by atoms with van der Waals surface area (Å²) in [5, 5.41) is 24.8. The number of amidine groups is 1. The molecule has 0 aliphatic heterocycles. The Balaban J connectivity index is 3.92. The van der Waals surface area contributed by atoms with Crippen molar-refractivity contribution in [2.45, 2.75) is 39.2 Å². The summed E-state index contributed by atoms with van der Waals surface area (Å²) >= 11 is 0. The van der Waals surface area contributed by atoms with Crippen molar-refractivity contribution in [1.29, 1.82) is 0 Å².